The van der Waals surface area contributed by atoms with E-state index in [0.29, 0.717) is 67.6 Å². The zero-order chi connectivity index (χ0) is 24.1. The first-order valence-electron chi connectivity index (χ1n) is 10.9. The Labute approximate surface area is 201 Å². The van der Waals surface area contributed by atoms with Gasteiger partial charge >= 0.3 is 6.03 Å². The number of nitrogens with one attached hydrogen (secondary N) is 1. The third-order valence-corrected chi connectivity index (χ3v) is 5.84. The molecule has 10 nitrogen and oxygen atoms in total. The van der Waals surface area contributed by atoms with Crippen LogP contribution in [0.4, 0.5) is 10.5 Å². The Kier molecular flexibility index (Phi) is 7.39. The van der Waals surface area contributed by atoms with Gasteiger partial charge in [-0.15, -0.1) is 0 Å². The Morgan fingerprint density at radius 3 is 2.50 bits per heavy atom. The van der Waals surface area contributed by atoms with Gasteiger partial charge in [0.25, 0.3) is 11.5 Å². The molecule has 178 valence electrons. The SMILES string of the molecule is COCCCn1c(=O)c(C(=O)N2CCN(C(=O)Nc3ccc(Cl)cc3)CC2)nc2cccnc21. The normalized spacial score (nSPS) is 13.8. The van der Waals surface area contributed by atoms with E-state index in [1.165, 1.54) is 4.57 Å². The topological polar surface area (TPSA) is 110 Å². The average Bonchev–Trinajstić information content (AvgIpc) is 2.86. The summed E-state index contributed by atoms with van der Waals surface area (Å²) >= 11 is 5.88. The van der Waals surface area contributed by atoms with Crippen LogP contribution < -0.4 is 10.9 Å². The number of aryl methyl sites for hydroxylation is 1. The van der Waals surface area contributed by atoms with Gasteiger partial charge in [-0.25, -0.2) is 14.8 Å². The number of methoxy groups -OCH3 is 1. The summed E-state index contributed by atoms with van der Waals surface area (Å²) in [5.41, 5.74) is 0.927. The summed E-state index contributed by atoms with van der Waals surface area (Å²) in [7, 11) is 1.59. The number of carbonyl (C=O) groups is 2. The molecule has 3 amide bonds. The third-order valence-electron chi connectivity index (χ3n) is 5.58. The van der Waals surface area contributed by atoms with E-state index in [0.717, 1.165) is 0 Å². The van der Waals surface area contributed by atoms with Gasteiger partial charge in [-0.1, -0.05) is 11.6 Å². The van der Waals surface area contributed by atoms with Crippen molar-refractivity contribution in [2.45, 2.75) is 13.0 Å². The molecule has 2 aromatic heterocycles. The van der Waals surface area contributed by atoms with Crippen LogP contribution in [0.2, 0.25) is 5.02 Å². The molecule has 1 aliphatic heterocycles. The van der Waals surface area contributed by atoms with Crippen molar-refractivity contribution in [1.29, 1.82) is 0 Å². The first-order valence-corrected chi connectivity index (χ1v) is 11.3. The summed E-state index contributed by atoms with van der Waals surface area (Å²) in [5, 5.41) is 3.40. The summed E-state index contributed by atoms with van der Waals surface area (Å²) in [6.07, 6.45) is 2.19. The Morgan fingerprint density at radius 2 is 1.79 bits per heavy atom. The van der Waals surface area contributed by atoms with Crippen LogP contribution in [0.25, 0.3) is 11.2 Å². The molecule has 0 spiro atoms. The molecule has 0 saturated carbocycles. The maximum atomic E-state index is 13.2. The van der Waals surface area contributed by atoms with Gasteiger partial charge in [0.05, 0.1) is 0 Å². The first kappa shape index (κ1) is 23.7. The Bertz CT molecular complexity index is 1240. The second-order valence-corrected chi connectivity index (χ2v) is 8.26. The number of urea groups is 1. The Balaban J connectivity index is 1.47. The lowest BCUT2D eigenvalue weighted by Crippen LogP contribution is -2.52. The number of pyridine rings is 1. The van der Waals surface area contributed by atoms with E-state index in [1.54, 1.807) is 59.5 Å². The zero-order valence-corrected chi connectivity index (χ0v) is 19.5. The second kappa shape index (κ2) is 10.6. The number of nitrogens with zero attached hydrogens (tertiary/aromatic N) is 5. The molecule has 0 bridgehead atoms. The minimum atomic E-state index is -0.477. The van der Waals surface area contributed by atoms with Crippen molar-refractivity contribution >= 4 is 40.4 Å². The van der Waals surface area contributed by atoms with E-state index in [-0.39, 0.29) is 11.7 Å². The number of hydrogen-bond acceptors (Lipinski definition) is 6. The molecule has 11 heteroatoms. The number of rotatable bonds is 6. The number of piperazine rings is 1. The predicted octanol–water partition coefficient (Wildman–Crippen LogP) is 2.47. The van der Waals surface area contributed by atoms with Gasteiger partial charge in [-0.05, 0) is 42.8 Å². The lowest BCUT2D eigenvalue weighted by atomic mass is 10.2. The molecular formula is C23H25ClN6O4. The van der Waals surface area contributed by atoms with Crippen LogP contribution in [0.1, 0.15) is 16.9 Å². The van der Waals surface area contributed by atoms with Gasteiger partial charge in [0.2, 0.25) is 0 Å². The smallest absolute Gasteiger partial charge is 0.321 e. The lowest BCUT2D eigenvalue weighted by molar-refractivity contribution is 0.0663. The number of aromatic nitrogens is 3. The fourth-order valence-corrected chi connectivity index (χ4v) is 3.91. The highest BCUT2D eigenvalue weighted by molar-refractivity contribution is 6.30. The number of benzene rings is 1. The quantitative estimate of drug-likeness (QED) is 0.538. The van der Waals surface area contributed by atoms with Crippen molar-refractivity contribution in [3.63, 3.8) is 0 Å². The van der Waals surface area contributed by atoms with Crippen molar-refractivity contribution < 1.29 is 14.3 Å². The molecule has 3 heterocycles. The van der Waals surface area contributed by atoms with E-state index < -0.39 is 11.5 Å². The van der Waals surface area contributed by atoms with Gasteiger partial charge < -0.3 is 19.9 Å². The predicted molar refractivity (Wildman–Crippen MR) is 128 cm³/mol. The maximum Gasteiger partial charge on any atom is 0.321 e. The summed E-state index contributed by atoms with van der Waals surface area (Å²) in [6, 6.07) is 10.0. The van der Waals surface area contributed by atoms with E-state index in [1.807, 2.05) is 0 Å². The van der Waals surface area contributed by atoms with Crippen LogP contribution in [0.5, 0.6) is 0 Å². The summed E-state index contributed by atoms with van der Waals surface area (Å²) in [5.74, 6) is -0.450. The number of ether oxygens (including phenoxy) is 1. The summed E-state index contributed by atoms with van der Waals surface area (Å²) in [4.78, 5) is 50.7. The van der Waals surface area contributed by atoms with Crippen LogP contribution in [0.3, 0.4) is 0 Å². The molecule has 1 aromatic carbocycles. The molecule has 4 rings (SSSR count). The number of amides is 3. The third kappa shape index (κ3) is 5.18. The van der Waals surface area contributed by atoms with Crippen LogP contribution in [-0.4, -0.2) is 76.2 Å². The largest absolute Gasteiger partial charge is 0.385 e. The highest BCUT2D eigenvalue weighted by Crippen LogP contribution is 2.15. The highest BCUT2D eigenvalue weighted by Gasteiger charge is 2.28. The average molecular weight is 485 g/mol. The molecule has 1 aliphatic rings. The molecule has 1 N–H and O–H groups in total. The molecule has 1 fully saturated rings. The van der Waals surface area contributed by atoms with Crippen molar-refractivity contribution in [2.24, 2.45) is 0 Å². The number of fused-ring (bicyclic) bond motifs is 1. The van der Waals surface area contributed by atoms with E-state index >= 15 is 0 Å². The van der Waals surface area contributed by atoms with Gasteiger partial charge in [0.1, 0.15) is 5.52 Å². The van der Waals surface area contributed by atoms with Crippen molar-refractivity contribution in [3.8, 4) is 0 Å². The van der Waals surface area contributed by atoms with E-state index in [9.17, 15) is 14.4 Å². The highest BCUT2D eigenvalue weighted by atomic mass is 35.5. The number of carbonyl (C=O) groups excluding carboxylic acids is 2. The van der Waals surface area contributed by atoms with Crippen LogP contribution in [0.15, 0.2) is 47.4 Å². The minimum absolute atomic E-state index is 0.142. The molecule has 3 aromatic rings. The fourth-order valence-electron chi connectivity index (χ4n) is 3.79. The van der Waals surface area contributed by atoms with Crippen LogP contribution in [-0.2, 0) is 11.3 Å². The number of halogens is 1. The number of anilines is 1. The van der Waals surface area contributed by atoms with E-state index in [4.69, 9.17) is 16.3 Å². The molecule has 0 unspecified atom stereocenters. The molecule has 0 radical (unpaired) electrons. The van der Waals surface area contributed by atoms with Crippen molar-refractivity contribution in [1.82, 2.24) is 24.3 Å². The molecule has 0 aliphatic carbocycles. The van der Waals surface area contributed by atoms with Gasteiger partial charge in [-0.2, -0.15) is 0 Å². The molecular weight excluding hydrogens is 460 g/mol. The van der Waals surface area contributed by atoms with Gasteiger partial charge in [-0.3, -0.25) is 14.2 Å². The lowest BCUT2D eigenvalue weighted by Gasteiger charge is -2.34. The zero-order valence-electron chi connectivity index (χ0n) is 18.7. The van der Waals surface area contributed by atoms with Crippen LogP contribution >= 0.6 is 11.6 Å². The monoisotopic (exact) mass is 484 g/mol. The van der Waals surface area contributed by atoms with E-state index in [2.05, 4.69) is 15.3 Å². The number of hydrogen-bond donors (Lipinski definition) is 1. The molecule has 1 saturated heterocycles. The van der Waals surface area contributed by atoms with Crippen molar-refractivity contribution in [3.05, 3.63) is 63.7 Å². The van der Waals surface area contributed by atoms with Crippen LogP contribution in [0, 0.1) is 0 Å². The minimum Gasteiger partial charge on any atom is -0.385 e. The standard InChI is InChI=1S/C23H25ClN6O4/c1-34-15-3-10-30-20-18(4-2-9-25-20)27-19(22(30)32)21(31)28-11-13-29(14-12-28)23(33)26-17-7-5-16(24)6-8-17/h2,4-9H,3,10-15H2,1H3,(H,26,33). The van der Waals surface area contributed by atoms with Gasteiger partial charge in [0.15, 0.2) is 11.3 Å². The van der Waals surface area contributed by atoms with Gasteiger partial charge in [0, 0.05) is 63.3 Å². The van der Waals surface area contributed by atoms with Crippen molar-refractivity contribution in [2.75, 3.05) is 45.2 Å². The Morgan fingerprint density at radius 1 is 1.09 bits per heavy atom. The maximum absolute atomic E-state index is 13.2. The molecule has 0 atom stereocenters. The summed E-state index contributed by atoms with van der Waals surface area (Å²) in [6.45, 7) is 2.10. The molecule has 34 heavy (non-hydrogen) atoms. The second-order valence-electron chi connectivity index (χ2n) is 7.83. The fraction of sp³-hybridized carbons (Fsp3) is 0.348. The summed E-state index contributed by atoms with van der Waals surface area (Å²) < 4.78 is 6.57. The first-order chi connectivity index (χ1) is 16.5. The Hall–Kier alpha value is -3.50.